The fourth-order valence-electron chi connectivity index (χ4n) is 2.23. The third-order valence-electron chi connectivity index (χ3n) is 3.38. The van der Waals surface area contributed by atoms with Crippen LogP contribution in [0.15, 0.2) is 28.8 Å². The van der Waals surface area contributed by atoms with Crippen LogP contribution in [-0.2, 0) is 0 Å². The van der Waals surface area contributed by atoms with E-state index in [-0.39, 0.29) is 30.2 Å². The first kappa shape index (κ1) is 13.4. The van der Waals surface area contributed by atoms with Crippen LogP contribution in [-0.4, -0.2) is 42.6 Å². The minimum atomic E-state index is -1.15. The van der Waals surface area contributed by atoms with Crippen LogP contribution in [0.2, 0.25) is 0 Å². The van der Waals surface area contributed by atoms with Crippen LogP contribution in [0, 0.1) is 0 Å². The fourth-order valence-corrected chi connectivity index (χ4v) is 2.23. The van der Waals surface area contributed by atoms with Gasteiger partial charge in [-0.15, -0.1) is 0 Å². The number of halogens is 1. The highest BCUT2D eigenvalue weighted by Crippen LogP contribution is 2.34. The van der Waals surface area contributed by atoms with E-state index in [1.807, 2.05) is 0 Å². The second-order valence-corrected chi connectivity index (χ2v) is 4.75. The van der Waals surface area contributed by atoms with Crippen LogP contribution in [0.5, 0.6) is 5.75 Å². The van der Waals surface area contributed by atoms with Crippen LogP contribution in [0.4, 0.5) is 10.2 Å². The summed E-state index contributed by atoms with van der Waals surface area (Å²) >= 11 is 0. The lowest BCUT2D eigenvalue weighted by Crippen LogP contribution is -2.49. The van der Waals surface area contributed by atoms with Gasteiger partial charge in [0.25, 0.3) is 0 Å². The number of carboxylic acids is 1. The van der Waals surface area contributed by atoms with Crippen molar-refractivity contribution >= 4 is 11.8 Å². The van der Waals surface area contributed by atoms with Crippen molar-refractivity contribution in [2.75, 3.05) is 25.1 Å². The van der Waals surface area contributed by atoms with Gasteiger partial charge in [0.15, 0.2) is 17.1 Å². The summed E-state index contributed by atoms with van der Waals surface area (Å²) in [7, 11) is 1.54. The summed E-state index contributed by atoms with van der Waals surface area (Å²) < 4.78 is 23.2. The molecule has 0 bridgehead atoms. The minimum Gasteiger partial charge on any atom is -0.497 e. The lowest BCUT2D eigenvalue weighted by Gasteiger charge is -2.34. The topological polar surface area (TPSA) is 75.8 Å². The van der Waals surface area contributed by atoms with Crippen molar-refractivity contribution in [1.29, 1.82) is 0 Å². The zero-order valence-electron chi connectivity index (χ0n) is 11.2. The van der Waals surface area contributed by atoms with Crippen LogP contribution in [0.1, 0.15) is 10.4 Å². The van der Waals surface area contributed by atoms with E-state index in [1.165, 1.54) is 0 Å². The average molecular weight is 292 g/mol. The molecule has 1 aromatic heterocycles. The van der Waals surface area contributed by atoms with Gasteiger partial charge in [0, 0.05) is 5.56 Å². The number of aromatic nitrogens is 1. The molecule has 1 aliphatic heterocycles. The summed E-state index contributed by atoms with van der Waals surface area (Å²) in [6.07, 6.45) is -0.951. The van der Waals surface area contributed by atoms with E-state index in [0.717, 1.165) is 0 Å². The molecule has 0 atom stereocenters. The molecule has 0 radical (unpaired) electrons. The smallest absolute Gasteiger partial charge is 0.343 e. The van der Waals surface area contributed by atoms with Gasteiger partial charge >= 0.3 is 5.97 Å². The van der Waals surface area contributed by atoms with Crippen LogP contribution >= 0.6 is 0 Å². The molecule has 1 fully saturated rings. The monoisotopic (exact) mass is 292 g/mol. The van der Waals surface area contributed by atoms with Gasteiger partial charge in [-0.25, -0.2) is 9.18 Å². The lowest BCUT2D eigenvalue weighted by atomic mass is 10.1. The van der Waals surface area contributed by atoms with Crippen molar-refractivity contribution in [3.8, 4) is 17.1 Å². The van der Waals surface area contributed by atoms with E-state index in [4.69, 9.17) is 9.26 Å². The lowest BCUT2D eigenvalue weighted by molar-refractivity contribution is 0.0697. The Balaban J connectivity index is 1.99. The van der Waals surface area contributed by atoms with Gasteiger partial charge in [-0.3, -0.25) is 0 Å². The molecule has 7 heteroatoms. The van der Waals surface area contributed by atoms with E-state index >= 15 is 0 Å². The molecule has 1 aromatic carbocycles. The maximum atomic E-state index is 12.9. The number of ether oxygens (including phenoxy) is 1. The van der Waals surface area contributed by atoms with Crippen molar-refractivity contribution in [3.63, 3.8) is 0 Å². The normalized spacial score (nSPS) is 14.9. The van der Waals surface area contributed by atoms with E-state index in [2.05, 4.69) is 5.16 Å². The number of carboxylic acid groups (broad SMARTS) is 1. The van der Waals surface area contributed by atoms with Crippen LogP contribution < -0.4 is 9.64 Å². The van der Waals surface area contributed by atoms with E-state index < -0.39 is 12.1 Å². The Morgan fingerprint density at radius 1 is 1.43 bits per heavy atom. The number of alkyl halides is 1. The average Bonchev–Trinajstić information content (AvgIpc) is 2.88. The van der Waals surface area contributed by atoms with E-state index in [1.54, 1.807) is 36.3 Å². The number of hydrogen-bond donors (Lipinski definition) is 1. The number of benzene rings is 1. The van der Waals surface area contributed by atoms with Crippen molar-refractivity contribution in [2.45, 2.75) is 6.17 Å². The predicted molar refractivity (Wildman–Crippen MR) is 72.6 cm³/mol. The highest BCUT2D eigenvalue weighted by molar-refractivity contribution is 5.99. The third kappa shape index (κ3) is 2.31. The number of hydrogen-bond acceptors (Lipinski definition) is 5. The highest BCUT2D eigenvalue weighted by Gasteiger charge is 2.34. The maximum Gasteiger partial charge on any atom is 0.343 e. The number of anilines is 1. The van der Waals surface area contributed by atoms with Gasteiger partial charge < -0.3 is 19.3 Å². The summed E-state index contributed by atoms with van der Waals surface area (Å²) in [5.41, 5.74) is 0.524. The Morgan fingerprint density at radius 3 is 2.62 bits per heavy atom. The van der Waals surface area contributed by atoms with Crippen molar-refractivity contribution in [1.82, 2.24) is 5.16 Å². The van der Waals surface area contributed by atoms with Crippen molar-refractivity contribution in [2.24, 2.45) is 0 Å². The molecule has 1 N–H and O–H groups in total. The molecule has 21 heavy (non-hydrogen) atoms. The molecule has 0 aliphatic carbocycles. The van der Waals surface area contributed by atoms with E-state index in [9.17, 15) is 14.3 Å². The van der Waals surface area contributed by atoms with Gasteiger partial charge in [-0.2, -0.15) is 0 Å². The molecule has 110 valence electrons. The highest BCUT2D eigenvalue weighted by atomic mass is 19.1. The number of rotatable bonds is 4. The number of methoxy groups -OCH3 is 1. The summed E-state index contributed by atoms with van der Waals surface area (Å²) in [5, 5.41) is 13.2. The fraction of sp³-hybridized carbons (Fsp3) is 0.286. The zero-order valence-corrected chi connectivity index (χ0v) is 11.2. The number of carbonyl (C=O) groups is 1. The SMILES string of the molecule is COc1ccc(-c2onc(N3CC(F)C3)c2C(=O)O)cc1. The number of nitrogens with zero attached hydrogens (tertiary/aromatic N) is 2. The molecule has 0 unspecified atom stereocenters. The Bertz CT molecular complexity index is 662. The molecule has 0 spiro atoms. The Morgan fingerprint density at radius 2 is 2.10 bits per heavy atom. The minimum absolute atomic E-state index is 0.0490. The van der Waals surface area contributed by atoms with Gasteiger partial charge in [0.05, 0.1) is 20.2 Å². The van der Waals surface area contributed by atoms with Gasteiger partial charge in [-0.1, -0.05) is 5.16 Å². The Labute approximate surface area is 119 Å². The quantitative estimate of drug-likeness (QED) is 0.931. The summed E-state index contributed by atoms with van der Waals surface area (Å²) in [6, 6.07) is 6.77. The largest absolute Gasteiger partial charge is 0.497 e. The Kier molecular flexibility index (Phi) is 3.25. The van der Waals surface area contributed by atoms with E-state index in [0.29, 0.717) is 11.3 Å². The molecule has 0 amide bonds. The van der Waals surface area contributed by atoms with Gasteiger partial charge in [0.1, 0.15) is 11.9 Å². The molecule has 1 aliphatic rings. The molecule has 6 nitrogen and oxygen atoms in total. The van der Waals surface area contributed by atoms with Gasteiger partial charge in [-0.05, 0) is 24.3 Å². The first-order valence-corrected chi connectivity index (χ1v) is 6.36. The second kappa shape index (κ2) is 5.08. The maximum absolute atomic E-state index is 12.9. The molecular formula is C14H13FN2O4. The van der Waals surface area contributed by atoms with Gasteiger partial charge in [0.2, 0.25) is 0 Å². The molecule has 2 heterocycles. The van der Waals surface area contributed by atoms with Crippen LogP contribution in [0.3, 0.4) is 0 Å². The first-order chi connectivity index (χ1) is 10.1. The Hall–Kier alpha value is -2.57. The molecule has 2 aromatic rings. The first-order valence-electron chi connectivity index (χ1n) is 6.36. The summed E-state index contributed by atoms with van der Waals surface area (Å²) in [6.45, 7) is 0.268. The summed E-state index contributed by atoms with van der Waals surface area (Å²) in [4.78, 5) is 13.0. The third-order valence-corrected chi connectivity index (χ3v) is 3.38. The van der Waals surface area contributed by atoms with Crippen molar-refractivity contribution < 1.29 is 23.6 Å². The number of aromatic carboxylic acids is 1. The molecule has 0 saturated carbocycles. The van der Waals surface area contributed by atoms with Crippen LogP contribution in [0.25, 0.3) is 11.3 Å². The molecule has 3 rings (SSSR count). The second-order valence-electron chi connectivity index (χ2n) is 4.75. The van der Waals surface area contributed by atoms with Crippen molar-refractivity contribution in [3.05, 3.63) is 29.8 Å². The predicted octanol–water partition coefficient (Wildman–Crippen LogP) is 2.21. The molecule has 1 saturated heterocycles. The summed E-state index contributed by atoms with van der Waals surface area (Å²) in [5.74, 6) is -0.178. The standard InChI is InChI=1S/C14H13FN2O4/c1-20-10-4-2-8(3-5-10)12-11(14(18)19)13(16-21-12)17-6-9(15)7-17/h2-5,9H,6-7H2,1H3,(H,18,19). The molecular weight excluding hydrogens is 279 g/mol. The zero-order chi connectivity index (χ0) is 15.0.